The first-order chi connectivity index (χ1) is 8.25. The van der Waals surface area contributed by atoms with Crippen molar-refractivity contribution in [2.24, 2.45) is 0 Å². The van der Waals surface area contributed by atoms with Gasteiger partial charge in [0, 0.05) is 13.7 Å². The molecule has 0 aliphatic carbocycles. The second-order valence-electron chi connectivity index (χ2n) is 4.08. The van der Waals surface area contributed by atoms with E-state index in [1.807, 2.05) is 7.05 Å². The Kier molecular flexibility index (Phi) is 2.60. The number of likely N-dealkylation sites (N-methyl/N-ethyl adjacent to an activating group) is 1. The minimum absolute atomic E-state index is 0.225. The summed E-state index contributed by atoms with van der Waals surface area (Å²) >= 11 is 5.90. The number of aromatic amines is 1. The maximum atomic E-state index is 5.90. The van der Waals surface area contributed by atoms with E-state index >= 15 is 0 Å². The van der Waals surface area contributed by atoms with Crippen LogP contribution in [0.4, 0.5) is 5.82 Å². The summed E-state index contributed by atoms with van der Waals surface area (Å²) in [4.78, 5) is 10.4. The van der Waals surface area contributed by atoms with E-state index < -0.39 is 0 Å². The molecule has 90 valence electrons. The van der Waals surface area contributed by atoms with E-state index in [0.29, 0.717) is 11.7 Å². The normalized spacial score (nSPS) is 20.0. The lowest BCUT2D eigenvalue weighted by Crippen LogP contribution is -2.32. The maximum Gasteiger partial charge on any atom is 0.226 e. The molecule has 0 amide bonds. The van der Waals surface area contributed by atoms with Gasteiger partial charge in [0.25, 0.3) is 0 Å². The van der Waals surface area contributed by atoms with Crippen LogP contribution in [0.15, 0.2) is 6.20 Å². The maximum absolute atomic E-state index is 5.90. The molecule has 1 saturated heterocycles. The van der Waals surface area contributed by atoms with Gasteiger partial charge in [-0.05, 0) is 18.0 Å². The second-order valence-corrected chi connectivity index (χ2v) is 4.41. The molecule has 1 aliphatic heterocycles. The van der Waals surface area contributed by atoms with Crippen molar-refractivity contribution in [2.45, 2.75) is 12.5 Å². The molecule has 3 heterocycles. The quantitative estimate of drug-likeness (QED) is 0.816. The summed E-state index contributed by atoms with van der Waals surface area (Å²) in [6.07, 6.45) is 2.71. The van der Waals surface area contributed by atoms with Gasteiger partial charge in [-0.1, -0.05) is 0 Å². The van der Waals surface area contributed by atoms with E-state index in [2.05, 4.69) is 25.1 Å². The van der Waals surface area contributed by atoms with E-state index in [4.69, 9.17) is 16.3 Å². The fraction of sp³-hybridized carbons (Fsp3) is 0.500. The second kappa shape index (κ2) is 4.12. The van der Waals surface area contributed by atoms with Gasteiger partial charge >= 0.3 is 0 Å². The molecule has 2 aromatic rings. The Morgan fingerprint density at radius 2 is 2.41 bits per heavy atom. The van der Waals surface area contributed by atoms with Gasteiger partial charge in [-0.15, -0.1) is 0 Å². The molecule has 0 bridgehead atoms. The summed E-state index contributed by atoms with van der Waals surface area (Å²) in [5, 5.41) is 7.87. The first-order valence-electron chi connectivity index (χ1n) is 5.43. The zero-order chi connectivity index (χ0) is 11.8. The standard InChI is InChI=1S/C10H12ClN5O/c1-16(6-2-3-17-5-6)9-7-4-12-15-8(7)13-10(11)14-9/h4,6H,2-3,5H2,1H3,(H,12,13,14,15). The summed E-state index contributed by atoms with van der Waals surface area (Å²) in [5.74, 6) is 0.796. The zero-order valence-electron chi connectivity index (χ0n) is 9.35. The monoisotopic (exact) mass is 253 g/mol. The topological polar surface area (TPSA) is 66.9 Å². The molecular formula is C10H12ClN5O. The summed E-state index contributed by atoms with van der Waals surface area (Å²) in [6, 6.07) is 0.332. The smallest absolute Gasteiger partial charge is 0.226 e. The van der Waals surface area contributed by atoms with Crippen molar-refractivity contribution < 1.29 is 4.74 Å². The molecule has 1 aliphatic rings. The van der Waals surface area contributed by atoms with Gasteiger partial charge in [-0.25, -0.2) is 0 Å². The fourth-order valence-corrected chi connectivity index (χ4v) is 2.23. The van der Waals surface area contributed by atoms with Crippen LogP contribution in [0.25, 0.3) is 11.0 Å². The van der Waals surface area contributed by atoms with Gasteiger partial charge < -0.3 is 9.64 Å². The predicted molar refractivity (Wildman–Crippen MR) is 64.3 cm³/mol. The van der Waals surface area contributed by atoms with Gasteiger partial charge in [0.2, 0.25) is 5.28 Å². The van der Waals surface area contributed by atoms with Gasteiger partial charge in [0.05, 0.1) is 24.2 Å². The van der Waals surface area contributed by atoms with Crippen molar-refractivity contribution >= 4 is 28.5 Å². The first kappa shape index (κ1) is 10.7. The van der Waals surface area contributed by atoms with Crippen LogP contribution < -0.4 is 4.90 Å². The molecule has 2 aromatic heterocycles. The molecular weight excluding hydrogens is 242 g/mol. The van der Waals surface area contributed by atoms with Crippen molar-refractivity contribution in [3.63, 3.8) is 0 Å². The minimum Gasteiger partial charge on any atom is -0.379 e. The highest BCUT2D eigenvalue weighted by Crippen LogP contribution is 2.26. The molecule has 1 N–H and O–H groups in total. The molecule has 17 heavy (non-hydrogen) atoms. The average Bonchev–Trinajstić information content (AvgIpc) is 2.97. The molecule has 0 radical (unpaired) electrons. The Balaban J connectivity index is 2.05. The van der Waals surface area contributed by atoms with E-state index in [1.165, 1.54) is 0 Å². The van der Waals surface area contributed by atoms with Crippen LogP contribution in [0, 0.1) is 0 Å². The van der Waals surface area contributed by atoms with E-state index in [9.17, 15) is 0 Å². The fourth-order valence-electron chi connectivity index (χ4n) is 2.06. The molecule has 1 fully saturated rings. The lowest BCUT2D eigenvalue weighted by Gasteiger charge is -2.24. The highest BCUT2D eigenvalue weighted by molar-refractivity contribution is 6.28. The van der Waals surface area contributed by atoms with Crippen molar-refractivity contribution in [1.29, 1.82) is 0 Å². The summed E-state index contributed by atoms with van der Waals surface area (Å²) in [5.41, 5.74) is 0.658. The van der Waals surface area contributed by atoms with Crippen LogP contribution in [0.3, 0.4) is 0 Å². The Morgan fingerprint density at radius 1 is 1.53 bits per heavy atom. The number of halogens is 1. The van der Waals surface area contributed by atoms with Crippen molar-refractivity contribution in [3.05, 3.63) is 11.5 Å². The Bertz CT molecular complexity index is 536. The van der Waals surface area contributed by atoms with Crippen LogP contribution >= 0.6 is 11.6 Å². The van der Waals surface area contributed by atoms with Crippen molar-refractivity contribution in [2.75, 3.05) is 25.2 Å². The van der Waals surface area contributed by atoms with Crippen molar-refractivity contribution in [3.8, 4) is 0 Å². The number of aromatic nitrogens is 4. The number of H-pyrrole nitrogens is 1. The third kappa shape index (κ3) is 1.83. The molecule has 0 aromatic carbocycles. The number of hydrogen-bond acceptors (Lipinski definition) is 5. The van der Waals surface area contributed by atoms with E-state index in [-0.39, 0.29) is 5.28 Å². The minimum atomic E-state index is 0.225. The van der Waals surface area contributed by atoms with Gasteiger partial charge in [0.1, 0.15) is 5.82 Å². The SMILES string of the molecule is CN(c1nc(Cl)nc2[nH]ncc12)C1CCOC1. The van der Waals surface area contributed by atoms with Gasteiger partial charge in [-0.3, -0.25) is 5.10 Å². The molecule has 1 atom stereocenters. The number of nitrogens with one attached hydrogen (secondary N) is 1. The molecule has 0 spiro atoms. The number of fused-ring (bicyclic) bond motifs is 1. The number of nitrogens with zero attached hydrogens (tertiary/aromatic N) is 4. The largest absolute Gasteiger partial charge is 0.379 e. The molecule has 6 nitrogen and oxygen atoms in total. The Hall–Kier alpha value is -1.40. The number of anilines is 1. The lowest BCUT2D eigenvalue weighted by molar-refractivity contribution is 0.193. The van der Waals surface area contributed by atoms with Crippen molar-refractivity contribution in [1.82, 2.24) is 20.2 Å². The molecule has 7 heteroatoms. The van der Waals surface area contributed by atoms with Crippen LogP contribution in [0.2, 0.25) is 5.28 Å². The Labute approximate surface area is 103 Å². The zero-order valence-corrected chi connectivity index (χ0v) is 10.1. The lowest BCUT2D eigenvalue weighted by atomic mass is 10.2. The summed E-state index contributed by atoms with van der Waals surface area (Å²) in [7, 11) is 1.99. The van der Waals surface area contributed by atoms with Crippen LogP contribution in [0.1, 0.15) is 6.42 Å². The molecule has 1 unspecified atom stereocenters. The third-order valence-electron chi connectivity index (χ3n) is 3.05. The van der Waals surface area contributed by atoms with Gasteiger partial charge in [-0.2, -0.15) is 15.1 Å². The van der Waals surface area contributed by atoms with Gasteiger partial charge in [0.15, 0.2) is 5.65 Å². The van der Waals surface area contributed by atoms with E-state index in [0.717, 1.165) is 30.8 Å². The average molecular weight is 254 g/mol. The van der Waals surface area contributed by atoms with Crippen LogP contribution in [-0.2, 0) is 4.74 Å². The van der Waals surface area contributed by atoms with E-state index in [1.54, 1.807) is 6.20 Å². The highest BCUT2D eigenvalue weighted by atomic mass is 35.5. The number of hydrogen-bond donors (Lipinski definition) is 1. The third-order valence-corrected chi connectivity index (χ3v) is 3.22. The first-order valence-corrected chi connectivity index (χ1v) is 5.80. The summed E-state index contributed by atoms with van der Waals surface area (Å²) in [6.45, 7) is 1.51. The summed E-state index contributed by atoms with van der Waals surface area (Å²) < 4.78 is 5.38. The molecule has 3 rings (SSSR count). The predicted octanol–water partition coefficient (Wildman–Crippen LogP) is 1.23. The Morgan fingerprint density at radius 3 is 3.18 bits per heavy atom. The number of ether oxygens (including phenoxy) is 1. The highest BCUT2D eigenvalue weighted by Gasteiger charge is 2.23. The molecule has 0 saturated carbocycles. The number of rotatable bonds is 2. The van der Waals surface area contributed by atoms with Crippen LogP contribution in [-0.4, -0.2) is 46.5 Å². The van der Waals surface area contributed by atoms with Crippen LogP contribution in [0.5, 0.6) is 0 Å².